The van der Waals surface area contributed by atoms with E-state index in [-0.39, 0.29) is 18.4 Å². The third-order valence-electron chi connectivity index (χ3n) is 3.00. The van der Waals surface area contributed by atoms with Crippen molar-refractivity contribution in [3.05, 3.63) is 23.0 Å². The molecule has 0 aromatic carbocycles. The number of methoxy groups -OCH3 is 1. The molecule has 0 bridgehead atoms. The van der Waals surface area contributed by atoms with Crippen LogP contribution in [0.5, 0.6) is 0 Å². The standard InChI is InChI=1S/C14H22N2O4/c1-5-20-14(18)12-8-10(2)16(11(12)3)9-13(17)15-6-7-19-4/h8H,5-7,9H2,1-4H3,(H,15,17). The zero-order valence-corrected chi connectivity index (χ0v) is 12.5. The van der Waals surface area contributed by atoms with Crippen molar-refractivity contribution in [3.8, 4) is 0 Å². The molecular weight excluding hydrogens is 260 g/mol. The van der Waals surface area contributed by atoms with Crippen LogP contribution in [0.25, 0.3) is 0 Å². The second-order valence-electron chi connectivity index (χ2n) is 4.43. The van der Waals surface area contributed by atoms with Gasteiger partial charge in [0.25, 0.3) is 0 Å². The summed E-state index contributed by atoms with van der Waals surface area (Å²) in [5, 5.41) is 2.75. The summed E-state index contributed by atoms with van der Waals surface area (Å²) in [6.45, 7) is 6.89. The number of amides is 1. The SMILES string of the molecule is CCOC(=O)c1cc(C)n(CC(=O)NCCOC)c1C. The topological polar surface area (TPSA) is 69.6 Å². The minimum atomic E-state index is -0.355. The minimum Gasteiger partial charge on any atom is -0.462 e. The Balaban J connectivity index is 2.76. The van der Waals surface area contributed by atoms with Gasteiger partial charge in [0.05, 0.1) is 18.8 Å². The number of esters is 1. The Kier molecular flexibility index (Phi) is 6.24. The summed E-state index contributed by atoms with van der Waals surface area (Å²) in [5.74, 6) is -0.467. The molecule has 1 rings (SSSR count). The van der Waals surface area contributed by atoms with Gasteiger partial charge in [-0.05, 0) is 26.8 Å². The highest BCUT2D eigenvalue weighted by atomic mass is 16.5. The van der Waals surface area contributed by atoms with Crippen LogP contribution in [0.1, 0.15) is 28.7 Å². The van der Waals surface area contributed by atoms with Crippen molar-refractivity contribution in [1.29, 1.82) is 0 Å². The molecule has 1 heterocycles. The summed E-state index contributed by atoms with van der Waals surface area (Å²) in [4.78, 5) is 23.6. The normalized spacial score (nSPS) is 10.4. The van der Waals surface area contributed by atoms with Crippen LogP contribution < -0.4 is 5.32 Å². The fraction of sp³-hybridized carbons (Fsp3) is 0.571. The lowest BCUT2D eigenvalue weighted by Crippen LogP contribution is -2.31. The number of carbonyl (C=O) groups excluding carboxylic acids is 2. The number of hydrogen-bond acceptors (Lipinski definition) is 4. The molecule has 6 heteroatoms. The molecule has 0 aliphatic heterocycles. The zero-order chi connectivity index (χ0) is 15.1. The van der Waals surface area contributed by atoms with E-state index in [0.29, 0.717) is 25.3 Å². The van der Waals surface area contributed by atoms with Crippen LogP contribution in [0.15, 0.2) is 6.07 Å². The number of rotatable bonds is 7. The van der Waals surface area contributed by atoms with E-state index >= 15 is 0 Å². The fourth-order valence-corrected chi connectivity index (χ4v) is 1.95. The number of nitrogens with one attached hydrogen (secondary N) is 1. The first-order valence-electron chi connectivity index (χ1n) is 6.60. The molecule has 1 amide bonds. The Hall–Kier alpha value is -1.82. The van der Waals surface area contributed by atoms with E-state index in [1.54, 1.807) is 24.7 Å². The third-order valence-corrected chi connectivity index (χ3v) is 3.00. The van der Waals surface area contributed by atoms with Gasteiger partial charge < -0.3 is 19.4 Å². The number of aromatic nitrogens is 1. The zero-order valence-electron chi connectivity index (χ0n) is 12.5. The first kappa shape index (κ1) is 16.2. The van der Waals surface area contributed by atoms with Crippen molar-refractivity contribution in [1.82, 2.24) is 9.88 Å². The van der Waals surface area contributed by atoms with Crippen LogP contribution in [0.2, 0.25) is 0 Å². The molecule has 0 radical (unpaired) electrons. The van der Waals surface area contributed by atoms with Gasteiger partial charge in [0.15, 0.2) is 0 Å². The van der Waals surface area contributed by atoms with E-state index < -0.39 is 0 Å². The van der Waals surface area contributed by atoms with Gasteiger partial charge in [0.1, 0.15) is 6.54 Å². The summed E-state index contributed by atoms with van der Waals surface area (Å²) in [6.07, 6.45) is 0. The van der Waals surface area contributed by atoms with Gasteiger partial charge in [-0.25, -0.2) is 4.79 Å². The highest BCUT2D eigenvalue weighted by molar-refractivity contribution is 5.91. The lowest BCUT2D eigenvalue weighted by Gasteiger charge is -2.10. The number of carbonyl (C=O) groups is 2. The first-order chi connectivity index (χ1) is 9.51. The molecule has 20 heavy (non-hydrogen) atoms. The molecule has 0 spiro atoms. The predicted octanol–water partition coefficient (Wildman–Crippen LogP) is 1.04. The molecule has 6 nitrogen and oxygen atoms in total. The Morgan fingerprint density at radius 3 is 2.65 bits per heavy atom. The van der Waals surface area contributed by atoms with Crippen molar-refractivity contribution in [2.24, 2.45) is 0 Å². The molecule has 112 valence electrons. The van der Waals surface area contributed by atoms with E-state index in [9.17, 15) is 9.59 Å². The maximum Gasteiger partial charge on any atom is 0.339 e. The van der Waals surface area contributed by atoms with Gasteiger partial charge in [-0.1, -0.05) is 0 Å². The summed E-state index contributed by atoms with van der Waals surface area (Å²) in [5.41, 5.74) is 2.10. The van der Waals surface area contributed by atoms with Crippen LogP contribution >= 0.6 is 0 Å². The van der Waals surface area contributed by atoms with Gasteiger partial charge in [0.2, 0.25) is 5.91 Å². The molecule has 1 N–H and O–H groups in total. The third kappa shape index (κ3) is 4.09. The van der Waals surface area contributed by atoms with Crippen molar-refractivity contribution in [2.75, 3.05) is 26.9 Å². The number of hydrogen-bond donors (Lipinski definition) is 1. The summed E-state index contributed by atoms with van der Waals surface area (Å²) in [6, 6.07) is 1.75. The quantitative estimate of drug-likeness (QED) is 0.599. The van der Waals surface area contributed by atoms with E-state index in [4.69, 9.17) is 9.47 Å². The molecule has 0 aliphatic carbocycles. The summed E-state index contributed by atoms with van der Waals surface area (Å²) in [7, 11) is 1.58. The summed E-state index contributed by atoms with van der Waals surface area (Å²) >= 11 is 0. The fourth-order valence-electron chi connectivity index (χ4n) is 1.95. The number of nitrogens with zero attached hydrogens (tertiary/aromatic N) is 1. The van der Waals surface area contributed by atoms with Crippen LogP contribution in [0.3, 0.4) is 0 Å². The monoisotopic (exact) mass is 282 g/mol. The Morgan fingerprint density at radius 2 is 2.05 bits per heavy atom. The van der Waals surface area contributed by atoms with Crippen LogP contribution in [-0.4, -0.2) is 43.3 Å². The lowest BCUT2D eigenvalue weighted by molar-refractivity contribution is -0.121. The van der Waals surface area contributed by atoms with Crippen molar-refractivity contribution < 1.29 is 19.1 Å². The van der Waals surface area contributed by atoms with Gasteiger partial charge >= 0.3 is 5.97 Å². The number of aryl methyl sites for hydroxylation is 1. The Morgan fingerprint density at radius 1 is 1.35 bits per heavy atom. The van der Waals surface area contributed by atoms with Crippen LogP contribution in [0, 0.1) is 13.8 Å². The lowest BCUT2D eigenvalue weighted by atomic mass is 10.2. The Labute approximate surface area is 119 Å². The molecule has 0 unspecified atom stereocenters. The minimum absolute atomic E-state index is 0.112. The highest BCUT2D eigenvalue weighted by Crippen LogP contribution is 2.16. The average molecular weight is 282 g/mol. The molecule has 0 saturated carbocycles. The Bertz CT molecular complexity index is 480. The molecule has 0 atom stereocenters. The maximum absolute atomic E-state index is 11.8. The molecule has 0 fully saturated rings. The highest BCUT2D eigenvalue weighted by Gasteiger charge is 2.17. The second-order valence-corrected chi connectivity index (χ2v) is 4.43. The summed E-state index contributed by atoms with van der Waals surface area (Å²) < 4.78 is 11.7. The van der Waals surface area contributed by atoms with E-state index in [1.165, 1.54) is 0 Å². The molecule has 0 saturated heterocycles. The largest absolute Gasteiger partial charge is 0.462 e. The molecule has 1 aromatic rings. The predicted molar refractivity (Wildman–Crippen MR) is 74.7 cm³/mol. The number of ether oxygens (including phenoxy) is 2. The van der Waals surface area contributed by atoms with Gasteiger partial charge in [0, 0.05) is 25.0 Å². The molecule has 0 aliphatic rings. The smallest absolute Gasteiger partial charge is 0.339 e. The van der Waals surface area contributed by atoms with E-state index in [1.807, 2.05) is 13.8 Å². The molecular formula is C14H22N2O4. The van der Waals surface area contributed by atoms with E-state index in [0.717, 1.165) is 11.4 Å². The second kappa shape index (κ2) is 7.69. The maximum atomic E-state index is 11.8. The average Bonchev–Trinajstić information content (AvgIpc) is 2.67. The van der Waals surface area contributed by atoms with Gasteiger partial charge in [-0.2, -0.15) is 0 Å². The van der Waals surface area contributed by atoms with E-state index in [2.05, 4.69) is 5.32 Å². The van der Waals surface area contributed by atoms with Crippen LogP contribution in [-0.2, 0) is 20.8 Å². The van der Waals surface area contributed by atoms with Crippen molar-refractivity contribution >= 4 is 11.9 Å². The van der Waals surface area contributed by atoms with Gasteiger partial charge in [-0.3, -0.25) is 4.79 Å². The van der Waals surface area contributed by atoms with Crippen LogP contribution in [0.4, 0.5) is 0 Å². The van der Waals surface area contributed by atoms with Gasteiger partial charge in [-0.15, -0.1) is 0 Å². The molecule has 1 aromatic heterocycles. The van der Waals surface area contributed by atoms with Crippen molar-refractivity contribution in [2.45, 2.75) is 27.3 Å². The first-order valence-corrected chi connectivity index (χ1v) is 6.60. The van der Waals surface area contributed by atoms with Crippen molar-refractivity contribution in [3.63, 3.8) is 0 Å².